The van der Waals surface area contributed by atoms with E-state index in [-0.39, 0.29) is 32.5 Å². The maximum Gasteiger partial charge on any atom is 0.471 e. The van der Waals surface area contributed by atoms with Gasteiger partial charge < -0.3 is 8.85 Å². The van der Waals surface area contributed by atoms with Crippen molar-refractivity contribution < 1.29 is 18.4 Å². The highest BCUT2D eigenvalue weighted by molar-refractivity contribution is 6.74. The minimum Gasteiger partial charge on any atom is -0.515 e. The van der Waals surface area contributed by atoms with Crippen molar-refractivity contribution in [2.45, 2.75) is 105 Å². The van der Waals surface area contributed by atoms with Crippen molar-refractivity contribution in [3.05, 3.63) is 23.7 Å². The summed E-state index contributed by atoms with van der Waals surface area (Å²) in [5, 5.41) is -0.551. The summed E-state index contributed by atoms with van der Waals surface area (Å²) in [5.74, 6) is 1.67. The molecule has 0 amide bonds. The Labute approximate surface area is 178 Å². The van der Waals surface area contributed by atoms with Crippen LogP contribution < -0.4 is 0 Å². The normalized spacial score (nSPS) is 22.7. The highest BCUT2D eigenvalue weighted by Gasteiger charge is 2.63. The van der Waals surface area contributed by atoms with E-state index in [2.05, 4.69) is 69.2 Å². The number of carbonyl (C=O) groups excluding carboxylic acids is 2. The van der Waals surface area contributed by atoms with Crippen LogP contribution in [0.15, 0.2) is 23.7 Å². The minimum absolute atomic E-state index is 0.107. The third kappa shape index (κ3) is 5.42. The van der Waals surface area contributed by atoms with E-state index in [1.807, 2.05) is 0 Å². The second-order valence-electron chi connectivity index (χ2n) is 12.5. The van der Waals surface area contributed by atoms with Crippen LogP contribution in [0, 0.1) is 10.8 Å². The van der Waals surface area contributed by atoms with Gasteiger partial charge in [-0.2, -0.15) is 0 Å². The molecule has 164 valence electrons. The molecule has 29 heavy (non-hydrogen) atoms. The summed E-state index contributed by atoms with van der Waals surface area (Å²) in [6.07, 6.45) is 5.83. The van der Waals surface area contributed by atoms with E-state index < -0.39 is 8.56 Å². The summed E-state index contributed by atoms with van der Waals surface area (Å²) >= 11 is 0. The predicted molar refractivity (Wildman–Crippen MR) is 120 cm³/mol. The van der Waals surface area contributed by atoms with Crippen molar-refractivity contribution in [1.82, 2.24) is 0 Å². The molecule has 0 aliphatic heterocycles. The van der Waals surface area contributed by atoms with Crippen molar-refractivity contribution in [3.63, 3.8) is 0 Å². The van der Waals surface area contributed by atoms with Gasteiger partial charge in [0.05, 0.1) is 11.5 Å². The van der Waals surface area contributed by atoms with Crippen LogP contribution >= 0.6 is 0 Å². The van der Waals surface area contributed by atoms with E-state index in [4.69, 9.17) is 8.85 Å². The number of rotatable bonds is 4. The molecule has 0 radical (unpaired) electrons. The number of hydrogen-bond acceptors (Lipinski definition) is 4. The minimum atomic E-state index is -3.00. The zero-order valence-corrected chi connectivity index (χ0v) is 21.1. The maximum absolute atomic E-state index is 12.4. The highest BCUT2D eigenvalue weighted by atomic mass is 28.4. The average Bonchev–Trinajstić information content (AvgIpc) is 2.39. The van der Waals surface area contributed by atoms with Crippen LogP contribution in [0.3, 0.4) is 0 Å². The Morgan fingerprint density at radius 2 is 1.00 bits per heavy atom. The number of allylic oxidation sites excluding steroid dienone is 4. The molecule has 0 saturated carbocycles. The van der Waals surface area contributed by atoms with Crippen LogP contribution in [0.4, 0.5) is 0 Å². The van der Waals surface area contributed by atoms with Gasteiger partial charge in [0, 0.05) is 47.9 Å². The van der Waals surface area contributed by atoms with Gasteiger partial charge in [-0.15, -0.1) is 0 Å². The lowest BCUT2D eigenvalue weighted by molar-refractivity contribution is -0.118. The Morgan fingerprint density at radius 3 is 1.24 bits per heavy atom. The molecular weight excluding hydrogens is 380 g/mol. The van der Waals surface area contributed by atoms with Gasteiger partial charge in [-0.05, 0) is 10.8 Å². The summed E-state index contributed by atoms with van der Waals surface area (Å²) in [5.41, 5.74) is -0.252. The summed E-state index contributed by atoms with van der Waals surface area (Å²) in [4.78, 5) is 24.7. The molecule has 0 spiro atoms. The molecule has 0 saturated heterocycles. The Morgan fingerprint density at radius 1 is 0.690 bits per heavy atom. The first kappa shape index (κ1) is 23.9. The van der Waals surface area contributed by atoms with Crippen LogP contribution in [0.2, 0.25) is 10.1 Å². The lowest BCUT2D eigenvalue weighted by Crippen LogP contribution is -2.57. The topological polar surface area (TPSA) is 52.6 Å². The summed E-state index contributed by atoms with van der Waals surface area (Å²) in [7, 11) is -3.00. The van der Waals surface area contributed by atoms with E-state index in [0.29, 0.717) is 25.7 Å². The van der Waals surface area contributed by atoms with E-state index in [9.17, 15) is 9.59 Å². The van der Waals surface area contributed by atoms with E-state index in [0.717, 1.165) is 11.5 Å². The fraction of sp³-hybridized carbons (Fsp3) is 0.750. The zero-order valence-electron chi connectivity index (χ0n) is 20.1. The third-order valence-corrected chi connectivity index (χ3v) is 10.8. The van der Waals surface area contributed by atoms with Crippen LogP contribution in [0.25, 0.3) is 0 Å². The Kier molecular flexibility index (Phi) is 6.10. The zero-order chi connectivity index (χ0) is 22.5. The summed E-state index contributed by atoms with van der Waals surface area (Å²) in [6, 6.07) is 0. The van der Waals surface area contributed by atoms with Gasteiger partial charge in [0.2, 0.25) is 0 Å². The van der Waals surface area contributed by atoms with Crippen LogP contribution in [0.1, 0.15) is 94.9 Å². The fourth-order valence-corrected chi connectivity index (χ4v) is 9.35. The van der Waals surface area contributed by atoms with Crippen molar-refractivity contribution in [2.75, 3.05) is 0 Å². The van der Waals surface area contributed by atoms with E-state index in [1.54, 1.807) is 12.2 Å². The van der Waals surface area contributed by atoms with Crippen LogP contribution in [-0.2, 0) is 18.4 Å². The molecular formula is C24H40O4Si. The Balaban J connectivity index is 2.53. The van der Waals surface area contributed by atoms with E-state index >= 15 is 0 Å². The molecule has 0 N–H and O–H groups in total. The molecule has 0 aromatic carbocycles. The van der Waals surface area contributed by atoms with Gasteiger partial charge in [0.15, 0.2) is 11.6 Å². The second-order valence-corrected chi connectivity index (χ2v) is 17.2. The molecule has 0 aromatic rings. The number of ketones is 2. The quantitative estimate of drug-likeness (QED) is 0.480. The third-order valence-electron chi connectivity index (χ3n) is 5.78. The van der Waals surface area contributed by atoms with Crippen LogP contribution in [-0.4, -0.2) is 20.1 Å². The van der Waals surface area contributed by atoms with Gasteiger partial charge in [0.25, 0.3) is 0 Å². The van der Waals surface area contributed by atoms with Crippen LogP contribution in [0.5, 0.6) is 0 Å². The first-order valence-electron chi connectivity index (χ1n) is 10.7. The predicted octanol–water partition coefficient (Wildman–Crippen LogP) is 6.61. The largest absolute Gasteiger partial charge is 0.515 e. The molecule has 2 aliphatic carbocycles. The summed E-state index contributed by atoms with van der Waals surface area (Å²) in [6.45, 7) is 21.3. The molecule has 0 heterocycles. The van der Waals surface area contributed by atoms with Crippen molar-refractivity contribution in [1.29, 1.82) is 0 Å². The fourth-order valence-electron chi connectivity index (χ4n) is 4.83. The maximum atomic E-state index is 12.4. The monoisotopic (exact) mass is 420 g/mol. The Bertz CT molecular complexity index is 678. The van der Waals surface area contributed by atoms with Crippen molar-refractivity contribution in [3.8, 4) is 0 Å². The standard InChI is InChI=1S/C24H40O4Si/c1-21(2,3)29(22(4,5)6,27-19-11-17(25)13-23(7,8)15-19)28-20-12-18(26)14-24(9,10)16-20/h11-12H,13-16H2,1-10H3. The molecule has 0 aromatic heterocycles. The lowest BCUT2D eigenvalue weighted by Gasteiger charge is -2.50. The summed E-state index contributed by atoms with van der Waals surface area (Å²) < 4.78 is 13.6. The van der Waals surface area contributed by atoms with E-state index in [1.165, 1.54) is 0 Å². The second kappa shape index (κ2) is 7.40. The molecule has 0 atom stereocenters. The molecule has 0 fully saturated rings. The first-order chi connectivity index (χ1) is 12.9. The number of carbonyl (C=O) groups is 2. The van der Waals surface area contributed by atoms with Crippen molar-refractivity contribution >= 4 is 20.1 Å². The molecule has 5 heteroatoms. The van der Waals surface area contributed by atoms with Gasteiger partial charge in [-0.3, -0.25) is 9.59 Å². The van der Waals surface area contributed by atoms with Gasteiger partial charge in [-0.1, -0.05) is 69.2 Å². The molecule has 2 aliphatic rings. The van der Waals surface area contributed by atoms with Gasteiger partial charge in [-0.25, -0.2) is 0 Å². The molecule has 2 rings (SSSR count). The SMILES string of the molecule is CC1(C)CC(=O)C=C(O[Si](OC2=CC(=O)CC(C)(C)C2)(C(C)(C)C)C(C)(C)C)C1. The average molecular weight is 421 g/mol. The first-order valence-corrected chi connectivity index (χ1v) is 12.5. The van der Waals surface area contributed by atoms with Gasteiger partial charge in [0.1, 0.15) is 0 Å². The molecule has 0 bridgehead atoms. The lowest BCUT2D eigenvalue weighted by atomic mass is 9.80. The molecule has 0 unspecified atom stereocenters. The van der Waals surface area contributed by atoms with Gasteiger partial charge >= 0.3 is 8.56 Å². The Hall–Kier alpha value is -1.36. The number of hydrogen-bond donors (Lipinski definition) is 0. The smallest absolute Gasteiger partial charge is 0.471 e. The van der Waals surface area contributed by atoms with Crippen molar-refractivity contribution in [2.24, 2.45) is 10.8 Å². The molecule has 4 nitrogen and oxygen atoms in total. The highest BCUT2D eigenvalue weighted by Crippen LogP contribution is 2.55.